The van der Waals surface area contributed by atoms with E-state index in [0.717, 1.165) is 5.56 Å². The molecule has 6 nitrogen and oxygen atoms in total. The molecule has 24 heavy (non-hydrogen) atoms. The van der Waals surface area contributed by atoms with Crippen molar-refractivity contribution < 1.29 is 9.59 Å². The smallest absolute Gasteiger partial charge is 0.319 e. The number of nitrogens with one attached hydrogen (secondary N) is 3. The number of hydrogen-bond donors (Lipinski definition) is 3. The lowest BCUT2D eigenvalue weighted by Gasteiger charge is -2.14. The van der Waals surface area contributed by atoms with Crippen LogP contribution in [0.5, 0.6) is 0 Å². The van der Waals surface area contributed by atoms with Crippen LogP contribution in [0.3, 0.4) is 0 Å². The molecule has 1 heterocycles. The number of carbonyl (C=O) groups excluding carboxylic acids is 2. The third-order valence-corrected chi connectivity index (χ3v) is 3.23. The van der Waals surface area contributed by atoms with Crippen molar-refractivity contribution in [1.82, 2.24) is 10.3 Å². The molecule has 0 radical (unpaired) electrons. The number of anilines is 2. The van der Waals surface area contributed by atoms with Gasteiger partial charge in [0.25, 0.3) is 0 Å². The first-order chi connectivity index (χ1) is 11.5. The highest BCUT2D eigenvalue weighted by Gasteiger charge is 2.10. The second kappa shape index (κ2) is 8.67. The normalized spacial score (nSPS) is 10.3. The molecule has 0 saturated carbocycles. The second-order valence-corrected chi connectivity index (χ2v) is 5.71. The van der Waals surface area contributed by atoms with Gasteiger partial charge in [-0.25, -0.2) is 4.79 Å². The van der Waals surface area contributed by atoms with E-state index in [1.807, 2.05) is 32.0 Å². The van der Waals surface area contributed by atoms with Gasteiger partial charge in [0.2, 0.25) is 5.91 Å². The highest BCUT2D eigenvalue weighted by molar-refractivity contribution is 5.99. The van der Waals surface area contributed by atoms with E-state index in [4.69, 9.17) is 0 Å². The lowest BCUT2D eigenvalue weighted by molar-refractivity contribution is -0.116. The number of nitrogens with zero attached hydrogens (tertiary/aromatic N) is 1. The Balaban J connectivity index is 1.94. The van der Waals surface area contributed by atoms with Gasteiger partial charge in [0, 0.05) is 24.9 Å². The summed E-state index contributed by atoms with van der Waals surface area (Å²) in [5.41, 5.74) is 2.15. The van der Waals surface area contributed by atoms with Crippen molar-refractivity contribution in [2.24, 2.45) is 0 Å². The Morgan fingerprint density at radius 2 is 1.75 bits per heavy atom. The summed E-state index contributed by atoms with van der Waals surface area (Å²) in [4.78, 5) is 28.0. The van der Waals surface area contributed by atoms with E-state index in [2.05, 4.69) is 20.9 Å². The third kappa shape index (κ3) is 5.72. The molecule has 0 aliphatic rings. The molecule has 1 aromatic heterocycles. The Labute approximate surface area is 141 Å². The first-order valence-corrected chi connectivity index (χ1v) is 7.90. The highest BCUT2D eigenvalue weighted by atomic mass is 16.2. The van der Waals surface area contributed by atoms with Gasteiger partial charge in [0.05, 0.1) is 11.4 Å². The fourth-order valence-corrected chi connectivity index (χ4v) is 2.14. The van der Waals surface area contributed by atoms with Crippen LogP contribution in [0.15, 0.2) is 48.8 Å². The van der Waals surface area contributed by atoms with Crippen LogP contribution in [0.2, 0.25) is 0 Å². The molecule has 1 aromatic carbocycles. The summed E-state index contributed by atoms with van der Waals surface area (Å²) in [6.45, 7) is 3.76. The van der Waals surface area contributed by atoms with E-state index < -0.39 is 0 Å². The number of carbonyl (C=O) groups is 2. The van der Waals surface area contributed by atoms with Crippen LogP contribution in [0.1, 0.15) is 25.8 Å². The molecule has 2 aromatic rings. The van der Waals surface area contributed by atoms with Crippen LogP contribution in [0.25, 0.3) is 0 Å². The van der Waals surface area contributed by atoms with Crippen LogP contribution in [-0.4, -0.2) is 23.0 Å². The number of aromatic nitrogens is 1. The maximum absolute atomic E-state index is 12.1. The van der Waals surface area contributed by atoms with Gasteiger partial charge in [-0.2, -0.15) is 0 Å². The second-order valence-electron chi connectivity index (χ2n) is 5.71. The average molecular weight is 326 g/mol. The highest BCUT2D eigenvalue weighted by Crippen LogP contribution is 2.21. The zero-order valence-corrected chi connectivity index (χ0v) is 13.9. The van der Waals surface area contributed by atoms with Gasteiger partial charge in [-0.1, -0.05) is 18.2 Å². The summed E-state index contributed by atoms with van der Waals surface area (Å²) < 4.78 is 0. The van der Waals surface area contributed by atoms with Crippen molar-refractivity contribution in [1.29, 1.82) is 0 Å². The molecule has 0 aliphatic heterocycles. The molecule has 2 rings (SSSR count). The predicted octanol–water partition coefficient (Wildman–Crippen LogP) is 3.18. The number of aryl methyl sites for hydroxylation is 1. The van der Waals surface area contributed by atoms with E-state index >= 15 is 0 Å². The molecule has 3 N–H and O–H groups in total. The Bertz CT molecular complexity index is 686. The Morgan fingerprint density at radius 1 is 1.04 bits per heavy atom. The lowest BCUT2D eigenvalue weighted by Crippen LogP contribution is -2.34. The van der Waals surface area contributed by atoms with Crippen LogP contribution in [0, 0.1) is 0 Å². The summed E-state index contributed by atoms with van der Waals surface area (Å²) in [6, 6.07) is 10.6. The van der Waals surface area contributed by atoms with E-state index in [9.17, 15) is 9.59 Å². The molecule has 0 spiro atoms. The molecule has 126 valence electrons. The summed E-state index contributed by atoms with van der Waals surface area (Å²) in [7, 11) is 0. The first-order valence-electron chi connectivity index (χ1n) is 7.90. The zero-order chi connectivity index (χ0) is 17.4. The van der Waals surface area contributed by atoms with Crippen molar-refractivity contribution in [2.75, 3.05) is 10.6 Å². The maximum Gasteiger partial charge on any atom is 0.319 e. The molecular formula is C18H22N4O2. The summed E-state index contributed by atoms with van der Waals surface area (Å²) in [6.07, 6.45) is 4.41. The van der Waals surface area contributed by atoms with Crippen LogP contribution < -0.4 is 16.0 Å². The number of amides is 3. The predicted molar refractivity (Wildman–Crippen MR) is 94.9 cm³/mol. The molecule has 0 atom stereocenters. The van der Waals surface area contributed by atoms with Crippen LogP contribution in [-0.2, 0) is 11.2 Å². The molecule has 3 amide bonds. The summed E-state index contributed by atoms with van der Waals surface area (Å²) >= 11 is 0. The molecule has 0 aliphatic carbocycles. The Kier molecular flexibility index (Phi) is 6.31. The van der Waals surface area contributed by atoms with E-state index in [0.29, 0.717) is 24.2 Å². The maximum atomic E-state index is 12.1. The van der Waals surface area contributed by atoms with Crippen molar-refractivity contribution in [3.8, 4) is 0 Å². The van der Waals surface area contributed by atoms with Gasteiger partial charge in [-0.05, 0) is 44.0 Å². The molecule has 0 unspecified atom stereocenters. The lowest BCUT2D eigenvalue weighted by atomic mass is 10.1. The van der Waals surface area contributed by atoms with Gasteiger partial charge >= 0.3 is 6.03 Å². The van der Waals surface area contributed by atoms with Crippen molar-refractivity contribution in [3.63, 3.8) is 0 Å². The third-order valence-electron chi connectivity index (χ3n) is 3.23. The first kappa shape index (κ1) is 17.5. The fourth-order valence-electron chi connectivity index (χ4n) is 2.14. The number of rotatable bonds is 6. The molecule has 6 heteroatoms. The molecule has 0 bridgehead atoms. The zero-order valence-electron chi connectivity index (χ0n) is 13.9. The van der Waals surface area contributed by atoms with Gasteiger partial charge in [0.1, 0.15) is 0 Å². The minimum Gasteiger partial charge on any atom is -0.336 e. The van der Waals surface area contributed by atoms with Gasteiger partial charge in [0.15, 0.2) is 0 Å². The van der Waals surface area contributed by atoms with Gasteiger partial charge in [-0.3, -0.25) is 9.78 Å². The largest absolute Gasteiger partial charge is 0.336 e. The van der Waals surface area contributed by atoms with Crippen molar-refractivity contribution >= 4 is 23.3 Å². The van der Waals surface area contributed by atoms with Crippen molar-refractivity contribution in [3.05, 3.63) is 54.4 Å². The van der Waals surface area contributed by atoms with Gasteiger partial charge in [-0.15, -0.1) is 0 Å². The topological polar surface area (TPSA) is 83.1 Å². The standard InChI is InChI=1S/C18H22N4O2/c1-13(2)20-18(24)22-16-8-4-3-7-15(16)21-17(23)10-9-14-6-5-11-19-12-14/h3-8,11-13H,9-10H2,1-2H3,(H,21,23)(H2,20,22,24). The SMILES string of the molecule is CC(C)NC(=O)Nc1ccccc1NC(=O)CCc1cccnc1. The fraction of sp³-hybridized carbons (Fsp3) is 0.278. The minimum atomic E-state index is -0.304. The van der Waals surface area contributed by atoms with Crippen LogP contribution >= 0.6 is 0 Å². The molecule has 0 fully saturated rings. The summed E-state index contributed by atoms with van der Waals surface area (Å²) in [5.74, 6) is -0.114. The van der Waals surface area contributed by atoms with Crippen LogP contribution in [0.4, 0.5) is 16.2 Å². The Morgan fingerprint density at radius 3 is 2.38 bits per heavy atom. The molecular weight excluding hydrogens is 304 g/mol. The Hall–Kier alpha value is -2.89. The number of urea groups is 1. The number of pyridine rings is 1. The van der Waals surface area contributed by atoms with E-state index in [-0.39, 0.29) is 18.0 Å². The number of hydrogen-bond acceptors (Lipinski definition) is 3. The average Bonchev–Trinajstić information content (AvgIpc) is 2.55. The van der Waals surface area contributed by atoms with Gasteiger partial charge < -0.3 is 16.0 Å². The molecule has 0 saturated heterocycles. The monoisotopic (exact) mass is 326 g/mol. The minimum absolute atomic E-state index is 0.0336. The van der Waals surface area contributed by atoms with E-state index in [1.54, 1.807) is 30.6 Å². The number of benzene rings is 1. The summed E-state index contributed by atoms with van der Waals surface area (Å²) in [5, 5.41) is 8.33. The quantitative estimate of drug-likeness (QED) is 0.762. The van der Waals surface area contributed by atoms with E-state index in [1.165, 1.54) is 0 Å². The van der Waals surface area contributed by atoms with Crippen molar-refractivity contribution in [2.45, 2.75) is 32.7 Å². The number of para-hydroxylation sites is 2.